The second kappa shape index (κ2) is 28.4. The van der Waals surface area contributed by atoms with Gasteiger partial charge >= 0.3 is 18.5 Å². The smallest absolute Gasteiger partial charge is 0.349 e. The van der Waals surface area contributed by atoms with Crippen molar-refractivity contribution >= 4 is 47.3 Å². The summed E-state index contributed by atoms with van der Waals surface area (Å²) in [5.74, 6) is -9.38. The van der Waals surface area contributed by atoms with E-state index in [1.807, 2.05) is 0 Å². The molecule has 0 bridgehead atoms. The number of imide groups is 1. The summed E-state index contributed by atoms with van der Waals surface area (Å²) in [7, 11) is 0. The van der Waals surface area contributed by atoms with E-state index < -0.39 is 129 Å². The molecular formula is C63H44F17N7O5. The molecule has 3 N–H and O–H groups in total. The zero-order valence-corrected chi connectivity index (χ0v) is 46.8. The zero-order valence-electron chi connectivity index (χ0n) is 46.8. The Morgan fingerprint density at radius 2 is 0.880 bits per heavy atom. The average Bonchev–Trinajstić information content (AvgIpc) is 0.787. The number of hydrogen-bond acceptors (Lipinski definition) is 8. The maximum Gasteiger partial charge on any atom is 0.434 e. The lowest BCUT2D eigenvalue weighted by molar-refractivity contribution is -0.142. The number of benzene rings is 4. The Hall–Kier alpha value is -10.1. The SMILES string of the molecule is O=C(NC1=C(c2ccc(F)cc2F)CC1)c1cccnc1C(F)(F)F.O=C(N[C@H]1CC[C@H]1c1ccc(F)cc1F)c1cccnc1C(F)(F)F.O=CN(C(=O)c1cccnc1C(F)(F)F)C1=C(c2ccc(F)cc2F)CC1.O=CNC1=C(c2ccc(F)cc2F)CC1. The van der Waals surface area contributed by atoms with E-state index in [1.165, 1.54) is 36.4 Å². The van der Waals surface area contributed by atoms with Crippen LogP contribution in [0.3, 0.4) is 0 Å². The summed E-state index contributed by atoms with van der Waals surface area (Å²) in [4.78, 5) is 68.8. The highest BCUT2D eigenvalue weighted by atomic mass is 19.4. The van der Waals surface area contributed by atoms with Crippen LogP contribution >= 0.6 is 0 Å². The molecule has 2 atom stereocenters. The van der Waals surface area contributed by atoms with Gasteiger partial charge < -0.3 is 16.0 Å². The van der Waals surface area contributed by atoms with Gasteiger partial charge in [0.1, 0.15) is 46.5 Å². The quantitative estimate of drug-likeness (QED) is 0.0759. The van der Waals surface area contributed by atoms with Gasteiger partial charge in [-0.2, -0.15) is 39.5 Å². The van der Waals surface area contributed by atoms with Crippen LogP contribution in [0.5, 0.6) is 0 Å². The van der Waals surface area contributed by atoms with Crippen molar-refractivity contribution in [1.82, 2.24) is 35.8 Å². The number of amides is 5. The van der Waals surface area contributed by atoms with Gasteiger partial charge in [-0.3, -0.25) is 43.8 Å². The van der Waals surface area contributed by atoms with Gasteiger partial charge in [0.05, 0.1) is 16.7 Å². The van der Waals surface area contributed by atoms with E-state index in [9.17, 15) is 98.6 Å². The molecule has 92 heavy (non-hydrogen) atoms. The summed E-state index contributed by atoms with van der Waals surface area (Å²) in [6, 6.07) is 18.5. The lowest BCUT2D eigenvalue weighted by Crippen LogP contribution is -2.46. The number of alkyl halides is 9. The fourth-order valence-corrected chi connectivity index (χ4v) is 9.93. The molecule has 480 valence electrons. The summed E-state index contributed by atoms with van der Waals surface area (Å²) in [6.45, 7) is 0. The zero-order chi connectivity index (χ0) is 67.0. The molecule has 0 spiro atoms. The second-order valence-electron chi connectivity index (χ2n) is 20.3. The van der Waals surface area contributed by atoms with Crippen molar-refractivity contribution in [1.29, 1.82) is 0 Å². The van der Waals surface area contributed by atoms with E-state index in [-0.39, 0.29) is 47.2 Å². The molecule has 12 nitrogen and oxygen atoms in total. The highest BCUT2D eigenvalue weighted by Gasteiger charge is 2.42. The van der Waals surface area contributed by atoms with Gasteiger partial charge in [0.15, 0.2) is 17.1 Å². The molecule has 3 heterocycles. The molecule has 0 radical (unpaired) electrons. The third-order valence-electron chi connectivity index (χ3n) is 14.7. The first-order valence-corrected chi connectivity index (χ1v) is 27.2. The molecule has 4 aromatic carbocycles. The second-order valence-corrected chi connectivity index (χ2v) is 20.3. The topological polar surface area (TPSA) is 163 Å². The Balaban J connectivity index is 0.000000161. The Morgan fingerprint density at radius 1 is 0.467 bits per heavy atom. The van der Waals surface area contributed by atoms with Crippen LogP contribution in [0.1, 0.15) is 128 Å². The van der Waals surface area contributed by atoms with Gasteiger partial charge in [-0.15, -0.1) is 0 Å². The number of carbonyl (C=O) groups is 5. The van der Waals surface area contributed by atoms with E-state index in [0.29, 0.717) is 72.4 Å². The van der Waals surface area contributed by atoms with Gasteiger partial charge in [0.2, 0.25) is 12.8 Å². The van der Waals surface area contributed by atoms with E-state index in [1.54, 1.807) is 0 Å². The molecule has 0 saturated heterocycles. The maximum atomic E-state index is 14.0. The standard InChI is InChI=1S/C18H11F5N2O2.C17H13F5N2O.C17H11F5N2O.C11H9F2NO/c19-10-3-4-11(14(20)8-10)12-5-6-15(12)25(9-26)17(27)13-2-1-7-24-16(13)18(21,22)23;2*18-9-3-4-10(13(19)8-9)11-5-6-14(11)24-16(25)12-2-1-7-23-15(12)17(20,21)22;12-7-1-2-8(10(13)5-7)9-3-4-11(9)14-6-15/h1-4,7-9H,5-6H2;1-4,7-8,11,14H,5-6H2,(H,24,25);1-4,7-8H,5-6H2,(H,24,25);1-2,5-6H,3-4H2,(H,14,15)/t;11-,14-;;/m.0../s1. The molecule has 0 unspecified atom stereocenters. The third-order valence-corrected chi connectivity index (χ3v) is 14.7. The number of rotatable bonds is 13. The van der Waals surface area contributed by atoms with Crippen LogP contribution in [0.2, 0.25) is 0 Å². The number of nitrogens with zero attached hydrogens (tertiary/aromatic N) is 4. The molecular weight excluding hydrogens is 1260 g/mol. The predicted octanol–water partition coefficient (Wildman–Crippen LogP) is 14.8. The number of aromatic nitrogens is 3. The number of carbonyl (C=O) groups excluding carboxylic acids is 5. The minimum Gasteiger partial charge on any atom is -0.349 e. The van der Waals surface area contributed by atoms with Crippen LogP contribution in [0.25, 0.3) is 16.7 Å². The third kappa shape index (κ3) is 15.7. The van der Waals surface area contributed by atoms with Crippen LogP contribution in [0, 0.1) is 46.5 Å². The molecule has 7 aromatic rings. The van der Waals surface area contributed by atoms with E-state index in [4.69, 9.17) is 0 Å². The highest BCUT2D eigenvalue weighted by Crippen LogP contribution is 2.43. The monoisotopic (exact) mass is 1300 g/mol. The van der Waals surface area contributed by atoms with Crippen molar-refractivity contribution < 1.29 is 98.6 Å². The normalized spacial score (nSPS) is 15.8. The summed E-state index contributed by atoms with van der Waals surface area (Å²) in [5.41, 5.74) is -2.73. The summed E-state index contributed by atoms with van der Waals surface area (Å²) < 4.78 is 224. The fourth-order valence-electron chi connectivity index (χ4n) is 9.93. The van der Waals surface area contributed by atoms with Crippen LogP contribution in [-0.4, -0.2) is 56.4 Å². The molecule has 0 aliphatic heterocycles. The molecule has 5 amide bonds. The van der Waals surface area contributed by atoms with Gasteiger partial charge in [-0.05, 0) is 153 Å². The van der Waals surface area contributed by atoms with Crippen molar-refractivity contribution in [2.45, 2.75) is 81.9 Å². The minimum absolute atomic E-state index is 0.0143. The Kier molecular flexibility index (Phi) is 20.9. The number of allylic oxidation sites excluding steroid dienone is 6. The maximum absolute atomic E-state index is 14.0. The number of halogens is 17. The molecule has 1 saturated carbocycles. The number of pyridine rings is 3. The van der Waals surface area contributed by atoms with E-state index in [2.05, 4.69) is 30.9 Å². The predicted molar refractivity (Wildman–Crippen MR) is 294 cm³/mol. The molecule has 11 rings (SSSR count). The van der Waals surface area contributed by atoms with Crippen LogP contribution in [0.4, 0.5) is 74.6 Å². The molecule has 4 aliphatic carbocycles. The summed E-state index contributed by atoms with van der Waals surface area (Å²) in [5, 5.41) is 7.38. The minimum atomic E-state index is -4.89. The van der Waals surface area contributed by atoms with Crippen LogP contribution in [0.15, 0.2) is 145 Å². The van der Waals surface area contributed by atoms with Gasteiger partial charge in [-0.25, -0.2) is 35.1 Å². The van der Waals surface area contributed by atoms with Crippen molar-refractivity contribution in [3.8, 4) is 0 Å². The highest BCUT2D eigenvalue weighted by molar-refractivity contribution is 6.04. The molecule has 29 heteroatoms. The lowest BCUT2D eigenvalue weighted by atomic mass is 9.74. The van der Waals surface area contributed by atoms with Gasteiger partial charge in [0.25, 0.3) is 17.7 Å². The van der Waals surface area contributed by atoms with E-state index in [0.717, 1.165) is 96.9 Å². The Labute approximate surface area is 509 Å². The Morgan fingerprint density at radius 3 is 1.26 bits per heavy atom. The number of nitrogens with one attached hydrogen (secondary N) is 3. The van der Waals surface area contributed by atoms with Crippen molar-refractivity contribution in [3.05, 3.63) is 247 Å². The first-order valence-electron chi connectivity index (χ1n) is 27.2. The molecule has 3 aromatic heterocycles. The van der Waals surface area contributed by atoms with Crippen molar-refractivity contribution in [3.63, 3.8) is 0 Å². The first-order chi connectivity index (χ1) is 43.5. The summed E-state index contributed by atoms with van der Waals surface area (Å²) in [6.07, 6.45) is -7.24. The van der Waals surface area contributed by atoms with Gasteiger partial charge in [0, 0.05) is 88.6 Å². The first kappa shape index (κ1) is 67.8. The number of hydrogen-bond donors (Lipinski definition) is 3. The van der Waals surface area contributed by atoms with Crippen LogP contribution < -0.4 is 16.0 Å². The molecule has 4 aliphatic rings. The van der Waals surface area contributed by atoms with Crippen LogP contribution in [-0.2, 0) is 28.1 Å². The molecule has 1 fully saturated rings. The fraction of sp³-hybridized carbons (Fsp3) is 0.206. The van der Waals surface area contributed by atoms with Crippen molar-refractivity contribution in [2.24, 2.45) is 0 Å². The van der Waals surface area contributed by atoms with Crippen molar-refractivity contribution in [2.75, 3.05) is 0 Å². The Bertz CT molecular complexity index is 4090. The largest absolute Gasteiger partial charge is 0.434 e. The lowest BCUT2D eigenvalue weighted by Gasteiger charge is -2.37. The van der Waals surface area contributed by atoms with E-state index >= 15 is 0 Å². The average molecular weight is 1300 g/mol. The van der Waals surface area contributed by atoms with Gasteiger partial charge in [-0.1, -0.05) is 6.07 Å². The summed E-state index contributed by atoms with van der Waals surface area (Å²) >= 11 is 0.